The average molecular weight is 349 g/mol. The van der Waals surface area contributed by atoms with Crippen LogP contribution in [0.25, 0.3) is 0 Å². The van der Waals surface area contributed by atoms with Crippen LogP contribution >= 0.6 is 11.3 Å². The SMILES string of the molecule is C=CCN(Cc1ccsc1)C(=O)CCC(=O)NC1CCCCCC1. The molecule has 2 rings (SSSR count). The minimum absolute atomic E-state index is 0.00402. The van der Waals surface area contributed by atoms with Gasteiger partial charge in [-0.05, 0) is 35.2 Å². The summed E-state index contributed by atoms with van der Waals surface area (Å²) in [5, 5.41) is 7.15. The lowest BCUT2D eigenvalue weighted by Crippen LogP contribution is -2.36. The minimum atomic E-state index is 0.00402. The molecule has 0 spiro atoms. The Hall–Kier alpha value is -1.62. The predicted octanol–water partition coefficient (Wildman–Crippen LogP) is 3.88. The van der Waals surface area contributed by atoms with E-state index in [1.165, 1.54) is 25.7 Å². The molecular formula is C19H28N2O2S. The predicted molar refractivity (Wildman–Crippen MR) is 98.8 cm³/mol. The van der Waals surface area contributed by atoms with E-state index >= 15 is 0 Å². The standard InChI is InChI=1S/C19H28N2O2S/c1-2-12-21(14-16-11-13-24-15-16)19(23)10-9-18(22)20-17-7-5-3-4-6-8-17/h2,11,13,15,17H,1,3-10,12,14H2,(H,20,22). The van der Waals surface area contributed by atoms with E-state index in [1.807, 2.05) is 16.8 Å². The van der Waals surface area contributed by atoms with Gasteiger partial charge in [0.2, 0.25) is 11.8 Å². The van der Waals surface area contributed by atoms with Gasteiger partial charge in [-0.1, -0.05) is 31.8 Å². The van der Waals surface area contributed by atoms with Crippen LogP contribution < -0.4 is 5.32 Å². The van der Waals surface area contributed by atoms with Crippen LogP contribution in [0.1, 0.15) is 56.9 Å². The second-order valence-electron chi connectivity index (χ2n) is 6.45. The third-order valence-electron chi connectivity index (χ3n) is 4.44. The summed E-state index contributed by atoms with van der Waals surface area (Å²) in [6.07, 6.45) is 9.32. The van der Waals surface area contributed by atoms with Gasteiger partial charge >= 0.3 is 0 Å². The van der Waals surface area contributed by atoms with Gasteiger partial charge in [0.15, 0.2) is 0 Å². The molecule has 5 heteroatoms. The zero-order valence-corrected chi connectivity index (χ0v) is 15.2. The second-order valence-corrected chi connectivity index (χ2v) is 7.23. The van der Waals surface area contributed by atoms with E-state index in [2.05, 4.69) is 11.9 Å². The Morgan fingerprint density at radius 2 is 2.00 bits per heavy atom. The summed E-state index contributed by atoms with van der Waals surface area (Å²) in [7, 11) is 0. The normalized spacial score (nSPS) is 15.5. The summed E-state index contributed by atoms with van der Waals surface area (Å²) < 4.78 is 0. The fraction of sp³-hybridized carbons (Fsp3) is 0.579. The van der Waals surface area contributed by atoms with Crippen LogP contribution in [0.15, 0.2) is 29.5 Å². The van der Waals surface area contributed by atoms with Crippen molar-refractivity contribution in [2.75, 3.05) is 6.54 Å². The molecule has 0 unspecified atom stereocenters. The maximum atomic E-state index is 12.4. The molecule has 4 nitrogen and oxygen atoms in total. The Kier molecular flexibility index (Phi) is 8.02. The van der Waals surface area contributed by atoms with Gasteiger partial charge in [0, 0.05) is 32.0 Å². The highest BCUT2D eigenvalue weighted by molar-refractivity contribution is 7.07. The van der Waals surface area contributed by atoms with Gasteiger partial charge < -0.3 is 10.2 Å². The molecule has 1 heterocycles. The fourth-order valence-electron chi connectivity index (χ4n) is 3.12. The molecule has 0 radical (unpaired) electrons. The summed E-state index contributed by atoms with van der Waals surface area (Å²) in [5.74, 6) is 0.0152. The number of nitrogens with zero attached hydrogens (tertiary/aromatic N) is 1. The summed E-state index contributed by atoms with van der Waals surface area (Å²) in [5.41, 5.74) is 1.12. The number of thiophene rings is 1. The Balaban J connectivity index is 1.76. The number of hydrogen-bond donors (Lipinski definition) is 1. The van der Waals surface area contributed by atoms with Crippen molar-refractivity contribution in [3.63, 3.8) is 0 Å². The maximum absolute atomic E-state index is 12.4. The van der Waals surface area contributed by atoms with E-state index in [0.717, 1.165) is 18.4 Å². The number of rotatable bonds is 8. The third-order valence-corrected chi connectivity index (χ3v) is 5.17. The molecule has 0 aliphatic heterocycles. The third kappa shape index (κ3) is 6.48. The van der Waals surface area contributed by atoms with Crippen molar-refractivity contribution in [1.82, 2.24) is 10.2 Å². The fourth-order valence-corrected chi connectivity index (χ4v) is 3.78. The number of hydrogen-bond acceptors (Lipinski definition) is 3. The van der Waals surface area contributed by atoms with Crippen molar-refractivity contribution in [2.24, 2.45) is 0 Å². The van der Waals surface area contributed by atoms with Crippen molar-refractivity contribution < 1.29 is 9.59 Å². The molecule has 1 aliphatic carbocycles. The highest BCUT2D eigenvalue weighted by atomic mass is 32.1. The Bertz CT molecular complexity index is 519. The summed E-state index contributed by atoms with van der Waals surface area (Å²) in [6.45, 7) is 4.82. The minimum Gasteiger partial charge on any atom is -0.353 e. The Morgan fingerprint density at radius 3 is 2.62 bits per heavy atom. The lowest BCUT2D eigenvalue weighted by Gasteiger charge is -2.21. The van der Waals surface area contributed by atoms with Crippen LogP contribution in [-0.2, 0) is 16.1 Å². The van der Waals surface area contributed by atoms with Crippen LogP contribution in [-0.4, -0.2) is 29.3 Å². The van der Waals surface area contributed by atoms with Gasteiger partial charge in [0.05, 0.1) is 0 Å². The topological polar surface area (TPSA) is 49.4 Å². The van der Waals surface area contributed by atoms with Gasteiger partial charge in [-0.25, -0.2) is 0 Å². The Morgan fingerprint density at radius 1 is 1.25 bits per heavy atom. The van der Waals surface area contributed by atoms with E-state index in [0.29, 0.717) is 19.1 Å². The van der Waals surface area contributed by atoms with E-state index < -0.39 is 0 Å². The van der Waals surface area contributed by atoms with Crippen LogP contribution in [0.2, 0.25) is 0 Å². The highest BCUT2D eigenvalue weighted by Gasteiger charge is 2.17. The first-order chi connectivity index (χ1) is 11.7. The van der Waals surface area contributed by atoms with Gasteiger partial charge in [0.25, 0.3) is 0 Å². The Labute approximate surface area is 148 Å². The molecule has 0 aromatic carbocycles. The summed E-state index contributed by atoms with van der Waals surface area (Å²) >= 11 is 1.62. The monoisotopic (exact) mass is 348 g/mol. The van der Waals surface area contributed by atoms with Gasteiger partial charge in [-0.2, -0.15) is 11.3 Å². The van der Waals surface area contributed by atoms with Crippen LogP contribution in [0.4, 0.5) is 0 Å². The lowest BCUT2D eigenvalue weighted by atomic mass is 10.1. The molecule has 1 aromatic heterocycles. The van der Waals surface area contributed by atoms with Crippen LogP contribution in [0, 0.1) is 0 Å². The molecule has 0 saturated heterocycles. The maximum Gasteiger partial charge on any atom is 0.223 e. The molecule has 1 N–H and O–H groups in total. The number of carbonyl (C=O) groups excluding carboxylic acids is 2. The second kappa shape index (κ2) is 10.3. The molecule has 0 bridgehead atoms. The van der Waals surface area contributed by atoms with Crippen LogP contribution in [0.5, 0.6) is 0 Å². The quantitative estimate of drug-likeness (QED) is 0.572. The number of carbonyl (C=O) groups is 2. The summed E-state index contributed by atoms with van der Waals surface area (Å²) in [4.78, 5) is 26.3. The zero-order valence-electron chi connectivity index (χ0n) is 14.3. The molecule has 1 saturated carbocycles. The largest absolute Gasteiger partial charge is 0.353 e. The molecule has 2 amide bonds. The van der Waals surface area contributed by atoms with Crippen LogP contribution in [0.3, 0.4) is 0 Å². The number of nitrogens with one attached hydrogen (secondary N) is 1. The van der Waals surface area contributed by atoms with Crippen molar-refractivity contribution in [2.45, 2.75) is 64.0 Å². The molecule has 24 heavy (non-hydrogen) atoms. The van der Waals surface area contributed by atoms with E-state index in [4.69, 9.17) is 0 Å². The molecule has 1 aromatic rings. The van der Waals surface area contributed by atoms with E-state index in [9.17, 15) is 9.59 Å². The van der Waals surface area contributed by atoms with Crippen molar-refractivity contribution in [3.8, 4) is 0 Å². The first-order valence-corrected chi connectivity index (χ1v) is 9.82. The van der Waals surface area contributed by atoms with Gasteiger partial charge in [-0.3, -0.25) is 9.59 Å². The molecule has 132 valence electrons. The molecule has 1 aliphatic rings. The van der Waals surface area contributed by atoms with Gasteiger partial charge in [0.1, 0.15) is 0 Å². The first-order valence-electron chi connectivity index (χ1n) is 8.88. The zero-order chi connectivity index (χ0) is 17.2. The molecule has 0 atom stereocenters. The molecular weight excluding hydrogens is 320 g/mol. The smallest absolute Gasteiger partial charge is 0.223 e. The first kappa shape index (κ1) is 18.7. The van der Waals surface area contributed by atoms with Gasteiger partial charge in [-0.15, -0.1) is 6.58 Å². The van der Waals surface area contributed by atoms with E-state index in [1.54, 1.807) is 22.3 Å². The number of amides is 2. The lowest BCUT2D eigenvalue weighted by molar-refractivity contribution is -0.133. The summed E-state index contributed by atoms with van der Waals surface area (Å²) in [6, 6.07) is 2.32. The average Bonchev–Trinajstić information content (AvgIpc) is 2.95. The van der Waals surface area contributed by atoms with E-state index in [-0.39, 0.29) is 24.7 Å². The van der Waals surface area contributed by atoms with Crippen molar-refractivity contribution in [3.05, 3.63) is 35.0 Å². The highest BCUT2D eigenvalue weighted by Crippen LogP contribution is 2.17. The van der Waals surface area contributed by atoms with Crippen molar-refractivity contribution in [1.29, 1.82) is 0 Å². The molecule has 1 fully saturated rings. The van der Waals surface area contributed by atoms with Crippen molar-refractivity contribution >= 4 is 23.2 Å².